The summed E-state index contributed by atoms with van der Waals surface area (Å²) in [5.74, 6) is -0.413. The van der Waals surface area contributed by atoms with Crippen LogP contribution in [0.2, 0.25) is 5.02 Å². The molecule has 1 aromatic carbocycles. The van der Waals surface area contributed by atoms with Crippen LogP contribution in [0.1, 0.15) is 19.3 Å². The van der Waals surface area contributed by atoms with E-state index < -0.39 is 5.82 Å². The minimum Gasteiger partial charge on any atom is -0.329 e. The fourth-order valence-corrected chi connectivity index (χ4v) is 2.93. The first kappa shape index (κ1) is 12.0. The van der Waals surface area contributed by atoms with Crippen LogP contribution in [0, 0.1) is 10.6 Å². The van der Waals surface area contributed by atoms with E-state index in [-0.39, 0.29) is 5.02 Å². The van der Waals surface area contributed by atoms with E-state index >= 15 is 0 Å². The number of benzene rings is 1. The van der Waals surface area contributed by atoms with Gasteiger partial charge in [-0.25, -0.2) is 9.07 Å². The number of aromatic amines is 1. The number of aromatic nitrogens is 2. The quantitative estimate of drug-likeness (QED) is 0.809. The SMILES string of the molecule is Fc1cc2c(cc1Cl)[nH]c(=S)n2N1CCCCC1. The van der Waals surface area contributed by atoms with E-state index in [9.17, 15) is 4.39 Å². The van der Waals surface area contributed by atoms with E-state index in [1.54, 1.807) is 6.07 Å². The lowest BCUT2D eigenvalue weighted by molar-refractivity contribution is 0.482. The van der Waals surface area contributed by atoms with E-state index in [0.29, 0.717) is 4.77 Å². The lowest BCUT2D eigenvalue weighted by Gasteiger charge is -2.29. The highest BCUT2D eigenvalue weighted by Gasteiger charge is 2.16. The van der Waals surface area contributed by atoms with Crippen molar-refractivity contribution < 1.29 is 4.39 Å². The van der Waals surface area contributed by atoms with Gasteiger partial charge in [0.15, 0.2) is 4.77 Å². The molecule has 2 aromatic rings. The van der Waals surface area contributed by atoms with E-state index in [0.717, 1.165) is 37.0 Å². The predicted molar refractivity (Wildman–Crippen MR) is 73.9 cm³/mol. The molecular formula is C12H13ClFN3S. The third-order valence-corrected chi connectivity index (χ3v) is 3.88. The molecule has 6 heteroatoms. The summed E-state index contributed by atoms with van der Waals surface area (Å²) >= 11 is 11.1. The fraction of sp³-hybridized carbons (Fsp3) is 0.417. The van der Waals surface area contributed by atoms with E-state index in [4.69, 9.17) is 23.8 Å². The van der Waals surface area contributed by atoms with Gasteiger partial charge in [0.2, 0.25) is 0 Å². The summed E-state index contributed by atoms with van der Waals surface area (Å²) in [5, 5.41) is 2.28. The fourth-order valence-electron chi connectivity index (χ4n) is 2.45. The molecule has 0 spiro atoms. The lowest BCUT2D eigenvalue weighted by Crippen LogP contribution is -2.39. The number of hydrogen-bond donors (Lipinski definition) is 1. The molecule has 3 nitrogen and oxygen atoms in total. The molecule has 1 aliphatic rings. The van der Waals surface area contributed by atoms with Crippen LogP contribution < -0.4 is 5.01 Å². The summed E-state index contributed by atoms with van der Waals surface area (Å²) in [4.78, 5) is 3.08. The number of nitrogens with zero attached hydrogens (tertiary/aromatic N) is 2. The number of nitrogens with one attached hydrogen (secondary N) is 1. The highest BCUT2D eigenvalue weighted by atomic mass is 35.5. The number of imidazole rings is 1. The maximum atomic E-state index is 13.6. The molecule has 0 saturated carbocycles. The Morgan fingerprint density at radius 2 is 1.94 bits per heavy atom. The maximum Gasteiger partial charge on any atom is 0.197 e. The van der Waals surface area contributed by atoms with Crippen molar-refractivity contribution in [1.29, 1.82) is 0 Å². The molecule has 3 rings (SSSR count). The second kappa shape index (κ2) is 4.55. The van der Waals surface area contributed by atoms with Gasteiger partial charge >= 0.3 is 0 Å². The van der Waals surface area contributed by atoms with Gasteiger partial charge in [-0.3, -0.25) is 0 Å². The normalized spacial score (nSPS) is 16.4. The van der Waals surface area contributed by atoms with Crippen LogP contribution in [0.4, 0.5) is 4.39 Å². The Kier molecular flexibility index (Phi) is 3.03. The van der Waals surface area contributed by atoms with E-state index in [2.05, 4.69) is 9.99 Å². The Hall–Kier alpha value is -1.07. The van der Waals surface area contributed by atoms with Crippen molar-refractivity contribution in [2.75, 3.05) is 18.1 Å². The average Bonchev–Trinajstić information content (AvgIpc) is 2.66. The Bertz CT molecular complexity index is 643. The van der Waals surface area contributed by atoms with Crippen molar-refractivity contribution in [3.8, 4) is 0 Å². The van der Waals surface area contributed by atoms with Crippen LogP contribution in [0.3, 0.4) is 0 Å². The van der Waals surface area contributed by atoms with Crippen molar-refractivity contribution in [3.05, 3.63) is 27.7 Å². The molecule has 1 saturated heterocycles. The molecule has 0 amide bonds. The van der Waals surface area contributed by atoms with E-state index in [1.165, 1.54) is 12.5 Å². The van der Waals surface area contributed by atoms with Crippen LogP contribution in [0.25, 0.3) is 11.0 Å². The van der Waals surface area contributed by atoms with Crippen LogP contribution in [-0.4, -0.2) is 22.7 Å². The van der Waals surface area contributed by atoms with E-state index in [1.807, 2.05) is 4.68 Å². The molecular weight excluding hydrogens is 273 g/mol. The Balaban J connectivity index is 2.18. The van der Waals surface area contributed by atoms with Gasteiger partial charge in [-0.1, -0.05) is 11.6 Å². The van der Waals surface area contributed by atoms with Crippen molar-refractivity contribution in [2.24, 2.45) is 0 Å². The van der Waals surface area contributed by atoms with Gasteiger partial charge in [-0.2, -0.15) is 0 Å². The zero-order chi connectivity index (χ0) is 12.7. The smallest absolute Gasteiger partial charge is 0.197 e. The molecule has 1 N–H and O–H groups in total. The zero-order valence-electron chi connectivity index (χ0n) is 9.75. The Morgan fingerprint density at radius 1 is 1.22 bits per heavy atom. The van der Waals surface area contributed by atoms with Crippen molar-refractivity contribution >= 4 is 34.9 Å². The highest BCUT2D eigenvalue weighted by Crippen LogP contribution is 2.23. The molecule has 2 heterocycles. The molecule has 1 aromatic heterocycles. The second-order valence-electron chi connectivity index (χ2n) is 4.54. The van der Waals surface area contributed by atoms with Gasteiger partial charge in [0.1, 0.15) is 5.82 Å². The number of rotatable bonds is 1. The molecule has 1 aliphatic heterocycles. The largest absolute Gasteiger partial charge is 0.329 e. The molecule has 18 heavy (non-hydrogen) atoms. The standard InChI is InChI=1S/C12H13ClFN3S/c13-8-6-10-11(7-9(8)14)17(12(18)15-10)16-4-2-1-3-5-16/h6-7H,1-5H2,(H,15,18). The zero-order valence-corrected chi connectivity index (χ0v) is 11.3. The number of H-pyrrole nitrogens is 1. The molecule has 0 aliphatic carbocycles. The van der Waals surface area contributed by atoms with Gasteiger partial charge in [0, 0.05) is 19.2 Å². The summed E-state index contributed by atoms with van der Waals surface area (Å²) in [6.07, 6.45) is 3.53. The van der Waals surface area contributed by atoms with Crippen molar-refractivity contribution in [3.63, 3.8) is 0 Å². The topological polar surface area (TPSA) is 24.0 Å². The molecule has 96 valence electrons. The van der Waals surface area contributed by atoms with Crippen molar-refractivity contribution in [1.82, 2.24) is 9.66 Å². The third kappa shape index (κ3) is 1.91. The molecule has 1 fully saturated rings. The minimum atomic E-state index is -0.413. The Morgan fingerprint density at radius 3 is 2.67 bits per heavy atom. The van der Waals surface area contributed by atoms with Crippen LogP contribution in [0.5, 0.6) is 0 Å². The summed E-state index contributed by atoms with van der Waals surface area (Å²) < 4.78 is 16.1. The second-order valence-corrected chi connectivity index (χ2v) is 5.33. The van der Waals surface area contributed by atoms with Crippen LogP contribution in [-0.2, 0) is 0 Å². The minimum absolute atomic E-state index is 0.115. The number of hydrogen-bond acceptors (Lipinski definition) is 2. The predicted octanol–water partition coefficient (Wildman–Crippen LogP) is 3.61. The summed E-state index contributed by atoms with van der Waals surface area (Å²) in [6, 6.07) is 3.03. The molecule has 0 bridgehead atoms. The summed E-state index contributed by atoms with van der Waals surface area (Å²) in [7, 11) is 0. The maximum absolute atomic E-state index is 13.6. The first-order valence-corrected chi connectivity index (χ1v) is 6.80. The molecule has 0 unspecified atom stereocenters. The first-order valence-electron chi connectivity index (χ1n) is 6.02. The monoisotopic (exact) mass is 285 g/mol. The first-order chi connectivity index (χ1) is 8.66. The number of halogens is 2. The molecule has 0 atom stereocenters. The summed E-state index contributed by atoms with van der Waals surface area (Å²) in [5.41, 5.74) is 1.53. The Labute approximate surface area is 114 Å². The van der Waals surface area contributed by atoms with Gasteiger partial charge in [-0.15, -0.1) is 0 Å². The number of piperidine rings is 1. The lowest BCUT2D eigenvalue weighted by atomic mass is 10.2. The van der Waals surface area contributed by atoms with Gasteiger partial charge in [0.25, 0.3) is 0 Å². The van der Waals surface area contributed by atoms with Gasteiger partial charge < -0.3 is 9.99 Å². The summed E-state index contributed by atoms with van der Waals surface area (Å²) in [6.45, 7) is 1.90. The molecule has 0 radical (unpaired) electrons. The number of fused-ring (bicyclic) bond motifs is 1. The van der Waals surface area contributed by atoms with Crippen LogP contribution in [0.15, 0.2) is 12.1 Å². The van der Waals surface area contributed by atoms with Crippen molar-refractivity contribution in [2.45, 2.75) is 19.3 Å². The van der Waals surface area contributed by atoms with Gasteiger partial charge in [-0.05, 0) is 37.5 Å². The average molecular weight is 286 g/mol. The third-order valence-electron chi connectivity index (χ3n) is 3.32. The highest BCUT2D eigenvalue weighted by molar-refractivity contribution is 7.71. The van der Waals surface area contributed by atoms with Crippen LogP contribution >= 0.6 is 23.8 Å². The van der Waals surface area contributed by atoms with Gasteiger partial charge in [0.05, 0.1) is 16.1 Å².